The van der Waals surface area contributed by atoms with Crippen molar-refractivity contribution >= 4 is 22.3 Å². The Morgan fingerprint density at radius 2 is 2.53 bits per heavy atom. The van der Waals surface area contributed by atoms with E-state index in [1.807, 2.05) is 0 Å². The number of carboxylic acid groups (broad SMARTS) is 1. The first-order valence-electron chi connectivity index (χ1n) is 4.15. The first kappa shape index (κ1) is 9.66. The number of H-pyrrole nitrogens is 1. The molecule has 0 unspecified atom stereocenters. The summed E-state index contributed by atoms with van der Waals surface area (Å²) < 4.78 is 0. The van der Waals surface area contributed by atoms with Crippen molar-refractivity contribution in [1.29, 1.82) is 0 Å². The minimum Gasteiger partial charge on any atom is -0.476 e. The molecule has 2 aromatic rings. The maximum absolute atomic E-state index is 10.7. The van der Waals surface area contributed by atoms with Crippen LogP contribution in [0.25, 0.3) is 0 Å². The predicted molar refractivity (Wildman–Crippen MR) is 55.0 cm³/mol. The van der Waals surface area contributed by atoms with Crippen molar-refractivity contribution < 1.29 is 9.90 Å². The largest absolute Gasteiger partial charge is 0.476 e. The molecule has 6 nitrogen and oxygen atoms in total. The highest BCUT2D eigenvalue weighted by atomic mass is 32.1. The maximum atomic E-state index is 10.7. The van der Waals surface area contributed by atoms with Crippen LogP contribution in [0.15, 0.2) is 18.0 Å². The number of aromatic nitrogens is 3. The molecule has 0 atom stereocenters. The monoisotopic (exact) mass is 224 g/mol. The molecule has 0 bridgehead atoms. The van der Waals surface area contributed by atoms with Gasteiger partial charge in [0.1, 0.15) is 5.00 Å². The molecule has 7 heteroatoms. The maximum Gasteiger partial charge on any atom is 0.357 e. The van der Waals surface area contributed by atoms with E-state index in [0.29, 0.717) is 11.5 Å². The molecule has 2 heterocycles. The number of hydrogen-bond donors (Lipinski definition) is 3. The van der Waals surface area contributed by atoms with Gasteiger partial charge in [0.05, 0.1) is 24.1 Å². The van der Waals surface area contributed by atoms with Crippen LogP contribution >= 0.6 is 11.3 Å². The summed E-state index contributed by atoms with van der Waals surface area (Å²) in [5.41, 5.74) is 2.44. The topological polar surface area (TPSA) is 90.9 Å². The number of anilines is 1. The standard InChI is InChI=1S/C8H8N4O2S/c13-8(14)6-7(15-4-12-6)10-2-5-1-9-3-11-5/h1,3-4,10H,2H2,(H,9,11)(H,13,14). The van der Waals surface area contributed by atoms with Crippen molar-refractivity contribution in [2.45, 2.75) is 6.54 Å². The fourth-order valence-electron chi connectivity index (χ4n) is 1.08. The Hall–Kier alpha value is -1.89. The molecule has 0 saturated heterocycles. The van der Waals surface area contributed by atoms with Crippen LogP contribution in [0.2, 0.25) is 0 Å². The zero-order valence-electron chi connectivity index (χ0n) is 7.60. The SMILES string of the molecule is O=C(O)c1ncsc1NCc1cnc[nH]1. The molecule has 15 heavy (non-hydrogen) atoms. The predicted octanol–water partition coefficient (Wildman–Crippen LogP) is 1.18. The van der Waals surface area contributed by atoms with Crippen LogP contribution in [0, 0.1) is 0 Å². The Balaban J connectivity index is 2.05. The molecule has 0 radical (unpaired) electrons. The van der Waals surface area contributed by atoms with Crippen LogP contribution in [0.5, 0.6) is 0 Å². The third kappa shape index (κ3) is 2.13. The number of nitrogens with zero attached hydrogens (tertiary/aromatic N) is 2. The third-order valence-electron chi connectivity index (χ3n) is 1.76. The average Bonchev–Trinajstić information content (AvgIpc) is 2.86. The molecular weight excluding hydrogens is 216 g/mol. The van der Waals surface area contributed by atoms with Crippen LogP contribution in [-0.4, -0.2) is 26.0 Å². The van der Waals surface area contributed by atoms with Gasteiger partial charge in [-0.05, 0) is 0 Å². The summed E-state index contributed by atoms with van der Waals surface area (Å²) in [5, 5.41) is 12.3. The lowest BCUT2D eigenvalue weighted by molar-refractivity contribution is 0.0692. The normalized spacial score (nSPS) is 10.1. The summed E-state index contributed by atoms with van der Waals surface area (Å²) in [6.07, 6.45) is 3.25. The number of carboxylic acids is 1. The Bertz CT molecular complexity index is 451. The Morgan fingerprint density at radius 1 is 1.67 bits per heavy atom. The first-order valence-corrected chi connectivity index (χ1v) is 5.03. The van der Waals surface area contributed by atoms with Crippen molar-refractivity contribution in [3.8, 4) is 0 Å². The number of hydrogen-bond acceptors (Lipinski definition) is 5. The number of aromatic carboxylic acids is 1. The van der Waals surface area contributed by atoms with Gasteiger partial charge in [0, 0.05) is 6.20 Å². The molecule has 0 aliphatic heterocycles. The second-order valence-electron chi connectivity index (χ2n) is 2.77. The van der Waals surface area contributed by atoms with E-state index in [1.165, 1.54) is 16.8 Å². The number of carbonyl (C=O) groups is 1. The van der Waals surface area contributed by atoms with E-state index < -0.39 is 5.97 Å². The molecule has 0 fully saturated rings. The molecule has 0 aliphatic carbocycles. The van der Waals surface area contributed by atoms with Gasteiger partial charge in [-0.15, -0.1) is 11.3 Å². The van der Waals surface area contributed by atoms with E-state index >= 15 is 0 Å². The number of rotatable bonds is 4. The lowest BCUT2D eigenvalue weighted by Gasteiger charge is -2.01. The van der Waals surface area contributed by atoms with Crippen LogP contribution < -0.4 is 5.32 Å². The molecule has 0 aromatic carbocycles. The summed E-state index contributed by atoms with van der Waals surface area (Å²) in [6, 6.07) is 0. The third-order valence-corrected chi connectivity index (χ3v) is 2.55. The average molecular weight is 224 g/mol. The Morgan fingerprint density at radius 3 is 3.20 bits per heavy atom. The van der Waals surface area contributed by atoms with Crippen molar-refractivity contribution in [1.82, 2.24) is 15.0 Å². The highest BCUT2D eigenvalue weighted by Crippen LogP contribution is 2.20. The number of thiazole rings is 1. The van der Waals surface area contributed by atoms with Gasteiger partial charge in [-0.2, -0.15) is 0 Å². The Labute approximate surface area is 89.0 Å². The minimum absolute atomic E-state index is 0.0551. The number of imidazole rings is 1. The van der Waals surface area contributed by atoms with E-state index in [0.717, 1.165) is 5.69 Å². The fourth-order valence-corrected chi connectivity index (χ4v) is 1.75. The summed E-state index contributed by atoms with van der Waals surface area (Å²) >= 11 is 1.26. The van der Waals surface area contributed by atoms with Crippen molar-refractivity contribution in [2.75, 3.05) is 5.32 Å². The van der Waals surface area contributed by atoms with E-state index in [-0.39, 0.29) is 5.69 Å². The lowest BCUT2D eigenvalue weighted by atomic mass is 10.4. The molecule has 2 aromatic heterocycles. The first-order chi connectivity index (χ1) is 7.27. The van der Waals surface area contributed by atoms with Gasteiger partial charge in [0.2, 0.25) is 0 Å². The fraction of sp³-hybridized carbons (Fsp3) is 0.125. The second-order valence-corrected chi connectivity index (χ2v) is 3.62. The number of nitrogens with one attached hydrogen (secondary N) is 2. The molecular formula is C8H8N4O2S. The number of aromatic amines is 1. The van der Waals surface area contributed by atoms with E-state index in [9.17, 15) is 4.79 Å². The molecule has 0 spiro atoms. The van der Waals surface area contributed by atoms with Gasteiger partial charge < -0.3 is 15.4 Å². The highest BCUT2D eigenvalue weighted by molar-refractivity contribution is 7.14. The summed E-state index contributed by atoms with van der Waals surface area (Å²) in [5.74, 6) is -1.02. The summed E-state index contributed by atoms with van der Waals surface area (Å²) in [6.45, 7) is 0.502. The van der Waals surface area contributed by atoms with Crippen molar-refractivity contribution in [3.63, 3.8) is 0 Å². The minimum atomic E-state index is -1.02. The molecule has 0 saturated carbocycles. The lowest BCUT2D eigenvalue weighted by Crippen LogP contribution is -2.04. The molecule has 78 valence electrons. The van der Waals surface area contributed by atoms with Gasteiger partial charge >= 0.3 is 5.97 Å². The van der Waals surface area contributed by atoms with E-state index in [2.05, 4.69) is 20.3 Å². The molecule has 2 rings (SSSR count). The van der Waals surface area contributed by atoms with Gasteiger partial charge in [-0.25, -0.2) is 14.8 Å². The van der Waals surface area contributed by atoms with E-state index in [4.69, 9.17) is 5.11 Å². The Kier molecular flexibility index (Phi) is 2.64. The molecule has 0 amide bonds. The van der Waals surface area contributed by atoms with Gasteiger partial charge in [-0.3, -0.25) is 0 Å². The molecule has 0 aliphatic rings. The van der Waals surface area contributed by atoms with E-state index in [1.54, 1.807) is 12.5 Å². The van der Waals surface area contributed by atoms with Gasteiger partial charge in [-0.1, -0.05) is 0 Å². The van der Waals surface area contributed by atoms with Crippen molar-refractivity contribution in [3.05, 3.63) is 29.4 Å². The van der Waals surface area contributed by atoms with Gasteiger partial charge in [0.25, 0.3) is 0 Å². The van der Waals surface area contributed by atoms with Crippen LogP contribution in [0.1, 0.15) is 16.2 Å². The van der Waals surface area contributed by atoms with Crippen LogP contribution in [-0.2, 0) is 6.54 Å². The summed E-state index contributed by atoms with van der Waals surface area (Å²) in [7, 11) is 0. The highest BCUT2D eigenvalue weighted by Gasteiger charge is 2.12. The van der Waals surface area contributed by atoms with Crippen LogP contribution in [0.4, 0.5) is 5.00 Å². The zero-order valence-corrected chi connectivity index (χ0v) is 8.41. The smallest absolute Gasteiger partial charge is 0.357 e. The van der Waals surface area contributed by atoms with Crippen LogP contribution in [0.3, 0.4) is 0 Å². The summed E-state index contributed by atoms with van der Waals surface area (Å²) in [4.78, 5) is 21.2. The quantitative estimate of drug-likeness (QED) is 0.725. The zero-order chi connectivity index (χ0) is 10.7. The molecule has 3 N–H and O–H groups in total. The van der Waals surface area contributed by atoms with Gasteiger partial charge in [0.15, 0.2) is 5.69 Å². The second kappa shape index (κ2) is 4.09. The van der Waals surface area contributed by atoms with Crippen molar-refractivity contribution in [2.24, 2.45) is 0 Å².